The second-order valence-corrected chi connectivity index (χ2v) is 9.68. The highest BCUT2D eigenvalue weighted by molar-refractivity contribution is 7.80. The van der Waals surface area contributed by atoms with E-state index in [-0.39, 0.29) is 18.0 Å². The van der Waals surface area contributed by atoms with Gasteiger partial charge in [-0.25, -0.2) is 4.79 Å². The topological polar surface area (TPSA) is 71.1 Å². The lowest BCUT2D eigenvalue weighted by molar-refractivity contribution is -0.142. The van der Waals surface area contributed by atoms with Crippen LogP contribution in [0.3, 0.4) is 0 Å². The van der Waals surface area contributed by atoms with Gasteiger partial charge < -0.3 is 24.6 Å². The van der Waals surface area contributed by atoms with E-state index < -0.39 is 0 Å². The third-order valence-corrected chi connectivity index (χ3v) is 7.31. The molecule has 2 aliphatic rings. The molecule has 1 N–H and O–H groups in total. The van der Waals surface area contributed by atoms with E-state index in [9.17, 15) is 9.59 Å². The number of hydrogen-bond donors (Lipinski definition) is 1. The monoisotopic (exact) mass is 487 g/mol. The van der Waals surface area contributed by atoms with E-state index >= 15 is 0 Å². The summed E-state index contributed by atoms with van der Waals surface area (Å²) in [7, 11) is 0. The van der Waals surface area contributed by atoms with Crippen molar-refractivity contribution in [2.45, 2.75) is 32.8 Å². The molecule has 2 aliphatic heterocycles. The molecule has 1 aromatic heterocycles. The van der Waals surface area contributed by atoms with E-state index in [1.54, 1.807) is 6.92 Å². The highest BCUT2D eigenvalue weighted by atomic mass is 32.1. The van der Waals surface area contributed by atoms with Crippen LogP contribution in [0.25, 0.3) is 11.1 Å². The van der Waals surface area contributed by atoms with Crippen LogP contribution in [-0.2, 0) is 14.3 Å². The minimum atomic E-state index is -0.363. The minimum absolute atomic E-state index is 0.0806. The van der Waals surface area contributed by atoms with Crippen LogP contribution >= 0.6 is 23.6 Å². The van der Waals surface area contributed by atoms with Crippen LogP contribution in [0.15, 0.2) is 30.3 Å². The van der Waals surface area contributed by atoms with E-state index in [4.69, 9.17) is 21.7 Å². The zero-order chi connectivity index (χ0) is 23.4. The Balaban J connectivity index is 1.48. The number of esters is 1. The fourth-order valence-electron chi connectivity index (χ4n) is 4.27. The van der Waals surface area contributed by atoms with E-state index in [2.05, 4.69) is 5.32 Å². The molecular weight excluding hydrogens is 458 g/mol. The molecule has 1 atom stereocenters. The van der Waals surface area contributed by atoms with Crippen molar-refractivity contribution in [2.24, 2.45) is 0 Å². The third kappa shape index (κ3) is 5.20. The van der Waals surface area contributed by atoms with E-state index in [1.165, 1.54) is 11.3 Å². The van der Waals surface area contributed by atoms with Gasteiger partial charge >= 0.3 is 5.97 Å². The molecule has 0 saturated carbocycles. The van der Waals surface area contributed by atoms with Gasteiger partial charge in [-0.15, -0.1) is 11.3 Å². The summed E-state index contributed by atoms with van der Waals surface area (Å²) in [5, 5.41) is 4.53. The molecular formula is C24H29N3O4S2. The number of piperazine rings is 1. The maximum atomic E-state index is 12.9. The molecule has 0 spiro atoms. The molecule has 1 amide bonds. The Kier molecular flexibility index (Phi) is 7.62. The molecule has 2 fully saturated rings. The third-order valence-electron chi connectivity index (χ3n) is 5.93. The highest BCUT2D eigenvalue weighted by Gasteiger charge is 2.31. The van der Waals surface area contributed by atoms with E-state index in [0.717, 1.165) is 28.8 Å². The Bertz CT molecular complexity index is 1010. The van der Waals surface area contributed by atoms with Crippen LogP contribution in [0.1, 0.15) is 35.0 Å². The van der Waals surface area contributed by atoms with Gasteiger partial charge in [0.2, 0.25) is 0 Å². The number of thiophene rings is 1. The number of thiocarbonyl (C=S) groups is 1. The number of benzene rings is 1. The molecule has 0 bridgehead atoms. The number of nitrogens with zero attached hydrogens (tertiary/aromatic N) is 2. The van der Waals surface area contributed by atoms with Crippen molar-refractivity contribution in [3.8, 4) is 11.1 Å². The molecule has 0 aliphatic carbocycles. The van der Waals surface area contributed by atoms with Crippen molar-refractivity contribution >= 4 is 45.5 Å². The summed E-state index contributed by atoms with van der Waals surface area (Å²) in [6, 6.07) is 9.84. The first-order chi connectivity index (χ1) is 16.0. The maximum absolute atomic E-state index is 12.9. The van der Waals surface area contributed by atoms with Crippen molar-refractivity contribution in [2.75, 3.05) is 44.7 Å². The lowest BCUT2D eigenvalue weighted by Crippen LogP contribution is -2.53. The first-order valence-electron chi connectivity index (χ1n) is 11.3. The first-order valence-corrected chi connectivity index (χ1v) is 12.5. The van der Waals surface area contributed by atoms with Gasteiger partial charge in [0.25, 0.3) is 5.91 Å². The van der Waals surface area contributed by atoms with Gasteiger partial charge in [-0.2, -0.15) is 0 Å². The van der Waals surface area contributed by atoms with Gasteiger partial charge in [-0.05, 0) is 44.5 Å². The largest absolute Gasteiger partial charge is 0.462 e. The second-order valence-electron chi connectivity index (χ2n) is 8.07. The van der Waals surface area contributed by atoms with Crippen molar-refractivity contribution in [1.82, 2.24) is 9.80 Å². The number of nitrogens with one attached hydrogen (secondary N) is 1. The molecule has 0 radical (unpaired) electrons. The van der Waals surface area contributed by atoms with Crippen LogP contribution in [0.2, 0.25) is 0 Å². The average molecular weight is 488 g/mol. The highest BCUT2D eigenvalue weighted by Crippen LogP contribution is 2.40. The Hall–Kier alpha value is -2.49. The molecule has 176 valence electrons. The van der Waals surface area contributed by atoms with Gasteiger partial charge in [0.15, 0.2) is 5.11 Å². The van der Waals surface area contributed by atoms with Crippen LogP contribution < -0.4 is 5.32 Å². The van der Waals surface area contributed by atoms with Gasteiger partial charge in [0.05, 0.1) is 6.61 Å². The molecule has 2 saturated heterocycles. The summed E-state index contributed by atoms with van der Waals surface area (Å²) >= 11 is 7.19. The average Bonchev–Trinajstić information content (AvgIpc) is 3.47. The Morgan fingerprint density at radius 1 is 1.18 bits per heavy atom. The van der Waals surface area contributed by atoms with E-state index in [1.807, 2.05) is 47.1 Å². The van der Waals surface area contributed by atoms with Crippen molar-refractivity contribution < 1.29 is 19.1 Å². The van der Waals surface area contributed by atoms with Crippen molar-refractivity contribution in [1.29, 1.82) is 0 Å². The van der Waals surface area contributed by atoms with Crippen molar-refractivity contribution in [3.63, 3.8) is 0 Å². The van der Waals surface area contributed by atoms with Crippen LogP contribution in [0.5, 0.6) is 0 Å². The standard InChI is InChI=1S/C24H29N3O4S2/c1-3-30-23(29)20-19(17-8-5-4-6-9-17)16(2)33-21(20)25-24(32)27-13-11-26(12-14-27)22(28)18-10-7-15-31-18/h4-6,8-9,18H,3,7,10-15H2,1-2H3,(H,25,32)/t18-/m1/s1. The van der Waals surface area contributed by atoms with Crippen LogP contribution in [0, 0.1) is 6.92 Å². The van der Waals surface area contributed by atoms with Gasteiger partial charge in [0, 0.05) is 43.2 Å². The first kappa shape index (κ1) is 23.7. The number of aryl methyl sites for hydroxylation is 1. The zero-order valence-corrected chi connectivity index (χ0v) is 20.6. The molecule has 1 aromatic carbocycles. The second kappa shape index (κ2) is 10.6. The molecule has 2 aromatic rings. The molecule has 33 heavy (non-hydrogen) atoms. The number of amides is 1. The van der Waals surface area contributed by atoms with Gasteiger partial charge in [-0.3, -0.25) is 4.79 Å². The smallest absolute Gasteiger partial charge is 0.341 e. The predicted octanol–water partition coefficient (Wildman–Crippen LogP) is 3.92. The molecule has 3 heterocycles. The number of carbonyl (C=O) groups is 2. The summed E-state index contributed by atoms with van der Waals surface area (Å²) < 4.78 is 10.9. The Labute approximate surface area is 203 Å². The van der Waals surface area contributed by atoms with Crippen LogP contribution in [0.4, 0.5) is 5.00 Å². The summed E-state index contributed by atoms with van der Waals surface area (Å²) in [5.74, 6) is -0.282. The molecule has 9 heteroatoms. The number of rotatable bonds is 5. The predicted molar refractivity (Wildman–Crippen MR) is 134 cm³/mol. The number of anilines is 1. The van der Waals surface area contributed by atoms with E-state index in [0.29, 0.717) is 55.1 Å². The Morgan fingerprint density at radius 3 is 2.52 bits per heavy atom. The summed E-state index contributed by atoms with van der Waals surface area (Å²) in [6.45, 7) is 7.23. The lowest BCUT2D eigenvalue weighted by Gasteiger charge is -2.37. The fraction of sp³-hybridized carbons (Fsp3) is 0.458. The van der Waals surface area contributed by atoms with Gasteiger partial charge in [-0.1, -0.05) is 30.3 Å². The number of carbonyl (C=O) groups excluding carboxylic acids is 2. The molecule has 7 nitrogen and oxygen atoms in total. The summed E-state index contributed by atoms with van der Waals surface area (Å²) in [4.78, 5) is 30.4. The number of ether oxygens (including phenoxy) is 2. The Morgan fingerprint density at radius 2 is 1.88 bits per heavy atom. The normalized spacial score (nSPS) is 18.3. The quantitative estimate of drug-likeness (QED) is 0.506. The lowest BCUT2D eigenvalue weighted by atomic mass is 10.0. The zero-order valence-electron chi connectivity index (χ0n) is 19.0. The van der Waals surface area contributed by atoms with Crippen molar-refractivity contribution in [3.05, 3.63) is 40.8 Å². The van der Waals surface area contributed by atoms with Gasteiger partial charge in [0.1, 0.15) is 16.7 Å². The summed E-state index contributed by atoms with van der Waals surface area (Å²) in [5.41, 5.74) is 2.35. The maximum Gasteiger partial charge on any atom is 0.341 e. The SMILES string of the molecule is CCOC(=O)c1c(NC(=S)N2CCN(C(=O)[C@H]3CCCO3)CC2)sc(C)c1-c1ccccc1. The molecule has 0 unspecified atom stereocenters. The number of hydrogen-bond acceptors (Lipinski definition) is 6. The fourth-order valence-corrected chi connectivity index (χ4v) is 5.68. The molecule has 4 rings (SSSR count). The minimum Gasteiger partial charge on any atom is -0.462 e. The summed E-state index contributed by atoms with van der Waals surface area (Å²) in [6.07, 6.45) is 1.45. The van der Waals surface area contributed by atoms with Crippen LogP contribution in [-0.4, -0.2) is 72.3 Å².